The van der Waals surface area contributed by atoms with Crippen LogP contribution in [0.4, 0.5) is 0 Å². The van der Waals surface area contributed by atoms with Gasteiger partial charge in [0, 0.05) is 12.6 Å². The molecule has 3 atom stereocenters. The van der Waals surface area contributed by atoms with Crippen LogP contribution in [0.15, 0.2) is 41.8 Å². The molecule has 3 nitrogen and oxygen atoms in total. The van der Waals surface area contributed by atoms with Crippen LogP contribution >= 0.6 is 0 Å². The molecule has 2 aliphatic rings. The van der Waals surface area contributed by atoms with Crippen molar-refractivity contribution in [3.63, 3.8) is 0 Å². The van der Waals surface area contributed by atoms with E-state index in [9.17, 15) is 8.42 Å². The van der Waals surface area contributed by atoms with E-state index >= 15 is 0 Å². The normalized spacial score (nSPS) is 30.7. The Labute approximate surface area is 115 Å². The minimum atomic E-state index is -3.34. The number of hydrogen-bond donors (Lipinski definition) is 0. The number of benzene rings is 1. The molecule has 4 heteroatoms. The van der Waals surface area contributed by atoms with Gasteiger partial charge >= 0.3 is 0 Å². The van der Waals surface area contributed by atoms with Crippen molar-refractivity contribution in [3.8, 4) is 0 Å². The summed E-state index contributed by atoms with van der Waals surface area (Å²) in [5, 5.41) is 0. The van der Waals surface area contributed by atoms with Crippen LogP contribution in [-0.4, -0.2) is 25.3 Å². The van der Waals surface area contributed by atoms with Gasteiger partial charge in [-0.25, -0.2) is 8.42 Å². The molecule has 0 spiro atoms. The van der Waals surface area contributed by atoms with Crippen molar-refractivity contribution in [2.45, 2.75) is 30.7 Å². The van der Waals surface area contributed by atoms with E-state index in [1.54, 1.807) is 16.4 Å². The lowest BCUT2D eigenvalue weighted by Gasteiger charge is -2.30. The standard InChI is InChI=1S/C15H19NO2S/c1-3-13-8-12-9-15(13)16(10-12)19(17,18)14-6-4-11(2)5-7-14/h3-7,12-13,15H,1,8-10H2,2H3/t12-,13-,15-/m1/s1. The predicted molar refractivity (Wildman–Crippen MR) is 75.3 cm³/mol. The van der Waals surface area contributed by atoms with Crippen molar-refractivity contribution in [2.24, 2.45) is 11.8 Å². The lowest BCUT2D eigenvalue weighted by molar-refractivity contribution is 0.286. The Morgan fingerprint density at radius 2 is 1.95 bits per heavy atom. The van der Waals surface area contributed by atoms with E-state index in [0.29, 0.717) is 23.3 Å². The lowest BCUT2D eigenvalue weighted by atomic mass is 10.0. The fourth-order valence-electron chi connectivity index (χ4n) is 3.40. The molecule has 102 valence electrons. The van der Waals surface area contributed by atoms with Crippen LogP contribution in [0.25, 0.3) is 0 Å². The van der Waals surface area contributed by atoms with E-state index in [1.165, 1.54) is 0 Å². The molecule has 0 radical (unpaired) electrons. The molecule has 1 saturated heterocycles. The highest BCUT2D eigenvalue weighted by molar-refractivity contribution is 7.89. The van der Waals surface area contributed by atoms with Gasteiger partial charge < -0.3 is 0 Å². The van der Waals surface area contributed by atoms with Crippen molar-refractivity contribution < 1.29 is 8.42 Å². The molecule has 1 aromatic rings. The average molecular weight is 277 g/mol. The number of fused-ring (bicyclic) bond motifs is 2. The van der Waals surface area contributed by atoms with Gasteiger partial charge in [-0.2, -0.15) is 4.31 Å². The molecule has 0 aromatic heterocycles. The molecule has 2 bridgehead atoms. The lowest BCUT2D eigenvalue weighted by Crippen LogP contribution is -2.41. The summed E-state index contributed by atoms with van der Waals surface area (Å²) >= 11 is 0. The van der Waals surface area contributed by atoms with Gasteiger partial charge in [-0.15, -0.1) is 6.58 Å². The number of aryl methyl sites for hydroxylation is 1. The number of rotatable bonds is 3. The summed E-state index contributed by atoms with van der Waals surface area (Å²) in [6, 6.07) is 7.24. The number of hydrogen-bond acceptors (Lipinski definition) is 2. The predicted octanol–water partition coefficient (Wildman–Crippen LogP) is 2.58. The molecule has 0 amide bonds. The zero-order valence-corrected chi connectivity index (χ0v) is 11.9. The molecule has 19 heavy (non-hydrogen) atoms. The SMILES string of the molecule is C=C[C@@H]1C[C@@H]2C[C@H]1N(S(=O)(=O)c1ccc(C)cc1)C2. The quantitative estimate of drug-likeness (QED) is 0.796. The van der Waals surface area contributed by atoms with Gasteiger partial charge in [0.05, 0.1) is 4.90 Å². The summed E-state index contributed by atoms with van der Waals surface area (Å²) in [6.45, 7) is 6.47. The average Bonchev–Trinajstić information content (AvgIpc) is 2.98. The Morgan fingerprint density at radius 3 is 2.53 bits per heavy atom. The summed E-state index contributed by atoms with van der Waals surface area (Å²) in [5.41, 5.74) is 1.07. The largest absolute Gasteiger partial charge is 0.243 e. The van der Waals surface area contributed by atoms with Crippen molar-refractivity contribution in [2.75, 3.05) is 6.54 Å². The molecule has 3 rings (SSSR count). The highest BCUT2D eigenvalue weighted by Gasteiger charge is 2.48. The molecule has 1 heterocycles. The van der Waals surface area contributed by atoms with Crippen LogP contribution in [0.2, 0.25) is 0 Å². The van der Waals surface area contributed by atoms with Gasteiger partial charge in [-0.1, -0.05) is 23.8 Å². The van der Waals surface area contributed by atoms with E-state index in [0.717, 1.165) is 18.4 Å². The highest BCUT2D eigenvalue weighted by Crippen LogP contribution is 2.44. The molecule has 1 aliphatic carbocycles. The summed E-state index contributed by atoms with van der Waals surface area (Å²) < 4.78 is 27.1. The second kappa shape index (κ2) is 4.46. The third-order valence-electron chi connectivity index (χ3n) is 4.41. The number of piperidine rings is 1. The summed E-state index contributed by atoms with van der Waals surface area (Å²) in [6.07, 6.45) is 4.00. The first kappa shape index (κ1) is 12.9. The molecule has 1 aliphatic heterocycles. The highest BCUT2D eigenvalue weighted by atomic mass is 32.2. The Hall–Kier alpha value is -1.13. The van der Waals surface area contributed by atoms with Crippen molar-refractivity contribution in [1.82, 2.24) is 4.31 Å². The maximum Gasteiger partial charge on any atom is 0.243 e. The smallest absolute Gasteiger partial charge is 0.207 e. The van der Waals surface area contributed by atoms with Crippen LogP contribution in [0.5, 0.6) is 0 Å². The molecular formula is C15H19NO2S. The topological polar surface area (TPSA) is 37.4 Å². The fraction of sp³-hybridized carbons (Fsp3) is 0.467. The Balaban J connectivity index is 1.93. The van der Waals surface area contributed by atoms with Crippen LogP contribution in [0.3, 0.4) is 0 Å². The molecule has 2 fully saturated rings. The Morgan fingerprint density at radius 1 is 1.26 bits per heavy atom. The van der Waals surface area contributed by atoms with Crippen LogP contribution < -0.4 is 0 Å². The molecule has 1 saturated carbocycles. The first-order valence-electron chi connectivity index (χ1n) is 6.73. The minimum absolute atomic E-state index is 0.119. The van der Waals surface area contributed by atoms with Crippen LogP contribution in [0, 0.1) is 18.8 Å². The molecule has 0 unspecified atom stereocenters. The van der Waals surface area contributed by atoms with Crippen LogP contribution in [0.1, 0.15) is 18.4 Å². The first-order chi connectivity index (χ1) is 9.02. The Kier molecular flexibility index (Phi) is 3.02. The minimum Gasteiger partial charge on any atom is -0.207 e. The van der Waals surface area contributed by atoms with Gasteiger partial charge in [0.2, 0.25) is 10.0 Å². The van der Waals surface area contributed by atoms with Gasteiger partial charge in [-0.3, -0.25) is 0 Å². The zero-order chi connectivity index (χ0) is 13.6. The third-order valence-corrected chi connectivity index (χ3v) is 6.32. The molecule has 1 aromatic carbocycles. The monoisotopic (exact) mass is 277 g/mol. The van der Waals surface area contributed by atoms with Gasteiger partial charge in [0.15, 0.2) is 0 Å². The second-order valence-electron chi connectivity index (χ2n) is 5.69. The maximum absolute atomic E-state index is 12.7. The van der Waals surface area contributed by atoms with E-state index in [2.05, 4.69) is 6.58 Å². The van der Waals surface area contributed by atoms with Gasteiger partial charge in [-0.05, 0) is 43.7 Å². The molecule has 0 N–H and O–H groups in total. The first-order valence-corrected chi connectivity index (χ1v) is 8.17. The van der Waals surface area contributed by atoms with Crippen molar-refractivity contribution in [1.29, 1.82) is 0 Å². The van der Waals surface area contributed by atoms with Gasteiger partial charge in [0.1, 0.15) is 0 Å². The maximum atomic E-state index is 12.7. The Bertz CT molecular complexity index is 591. The van der Waals surface area contributed by atoms with E-state index in [1.807, 2.05) is 25.1 Å². The summed E-state index contributed by atoms with van der Waals surface area (Å²) in [5.74, 6) is 0.826. The second-order valence-corrected chi connectivity index (χ2v) is 7.58. The number of sulfonamides is 1. The van der Waals surface area contributed by atoms with E-state index < -0.39 is 10.0 Å². The number of nitrogens with zero attached hydrogens (tertiary/aromatic N) is 1. The molecular weight excluding hydrogens is 258 g/mol. The zero-order valence-electron chi connectivity index (χ0n) is 11.1. The summed E-state index contributed by atoms with van der Waals surface area (Å²) in [4.78, 5) is 0.411. The van der Waals surface area contributed by atoms with E-state index in [-0.39, 0.29) is 6.04 Å². The fourth-order valence-corrected chi connectivity index (χ4v) is 5.16. The third kappa shape index (κ3) is 2.03. The van der Waals surface area contributed by atoms with Gasteiger partial charge in [0.25, 0.3) is 0 Å². The van der Waals surface area contributed by atoms with E-state index in [4.69, 9.17) is 0 Å². The van der Waals surface area contributed by atoms with Crippen LogP contribution in [-0.2, 0) is 10.0 Å². The van der Waals surface area contributed by atoms with Crippen molar-refractivity contribution in [3.05, 3.63) is 42.5 Å². The van der Waals surface area contributed by atoms with Crippen molar-refractivity contribution >= 4 is 10.0 Å². The summed E-state index contributed by atoms with van der Waals surface area (Å²) in [7, 11) is -3.34.